The van der Waals surface area contributed by atoms with Crippen molar-refractivity contribution >= 4 is 58.2 Å². The van der Waals surface area contributed by atoms with Gasteiger partial charge in [0.15, 0.2) is 23.3 Å². The molecule has 4 aromatic carbocycles. The molecular weight excluding hydrogens is 973 g/mol. The predicted molar refractivity (Wildman–Crippen MR) is 290 cm³/mol. The molecule has 7 aromatic rings. The number of phenolic OH excluding ortho intramolecular Hbond substituents is 3. The summed E-state index contributed by atoms with van der Waals surface area (Å²) in [4.78, 5) is 29.2. The fourth-order valence-corrected chi connectivity index (χ4v) is 11.0. The minimum atomic E-state index is -1.64. The lowest BCUT2D eigenvalue weighted by atomic mass is 10.0. The summed E-state index contributed by atoms with van der Waals surface area (Å²) in [5.74, 6) is -4.89. The molecule has 0 radical (unpaired) electrons. The smallest absolute Gasteiger partial charge is 0.407 e. The predicted octanol–water partition coefficient (Wildman–Crippen LogP) is 14.7. The van der Waals surface area contributed by atoms with Gasteiger partial charge >= 0.3 is 6.09 Å². The van der Waals surface area contributed by atoms with Gasteiger partial charge < -0.3 is 40.7 Å². The van der Waals surface area contributed by atoms with E-state index in [1.165, 1.54) is 24.3 Å². The number of hydrogen-bond acceptors (Lipinski definition) is 8. The number of unbranched alkanes of at least 4 members (excludes halogenated alkanes) is 3. The van der Waals surface area contributed by atoms with Crippen LogP contribution in [0.3, 0.4) is 0 Å². The summed E-state index contributed by atoms with van der Waals surface area (Å²) in [5, 5.41) is 37.5. The number of halogens is 4. The van der Waals surface area contributed by atoms with Gasteiger partial charge in [0.2, 0.25) is 0 Å². The summed E-state index contributed by atoms with van der Waals surface area (Å²) in [6.07, 6.45) is 17.5. The van der Waals surface area contributed by atoms with Gasteiger partial charge in [-0.2, -0.15) is 0 Å². The second kappa shape index (κ2) is 21.3. The Morgan fingerprint density at radius 2 is 0.961 bits per heavy atom. The van der Waals surface area contributed by atoms with Gasteiger partial charge in [-0.25, -0.2) is 32.3 Å². The number of aromatic amines is 2. The highest BCUT2D eigenvalue weighted by Crippen LogP contribution is 2.53. The first-order valence-electron chi connectivity index (χ1n) is 25.7. The van der Waals surface area contributed by atoms with Gasteiger partial charge in [0.05, 0.1) is 34.9 Å². The van der Waals surface area contributed by atoms with Crippen molar-refractivity contribution in [1.29, 1.82) is 0 Å². The van der Waals surface area contributed by atoms with Crippen molar-refractivity contribution in [3.63, 3.8) is 0 Å². The molecule has 8 bridgehead atoms. The highest BCUT2D eigenvalue weighted by Gasteiger charge is 2.49. The number of carbonyl (C=O) groups excluding carboxylic acids is 1. The number of fused-ring (bicyclic) bond motifs is 9. The van der Waals surface area contributed by atoms with Gasteiger partial charge in [0, 0.05) is 57.4 Å². The molecule has 0 saturated heterocycles. The van der Waals surface area contributed by atoms with Crippen LogP contribution in [0.1, 0.15) is 74.1 Å². The molecule has 1 amide bonds. The third-order valence-electron chi connectivity index (χ3n) is 14.8. The average Bonchev–Trinajstić information content (AvgIpc) is 4.13. The summed E-state index contributed by atoms with van der Waals surface area (Å²) in [6, 6.07) is 26.5. The summed E-state index contributed by atoms with van der Waals surface area (Å²) < 4.78 is 72.3. The summed E-state index contributed by atoms with van der Waals surface area (Å²) in [5.41, 5.74) is 3.74. The first-order chi connectivity index (χ1) is 37.0. The van der Waals surface area contributed by atoms with E-state index < -0.39 is 40.6 Å². The fourth-order valence-electron chi connectivity index (χ4n) is 11.0. The maximum atomic E-state index is 16.9. The van der Waals surface area contributed by atoms with E-state index in [0.717, 1.165) is 25.7 Å². The number of ether oxygens (including phenoxy) is 1. The molecule has 11 rings (SSSR count). The van der Waals surface area contributed by atoms with Crippen molar-refractivity contribution in [2.24, 2.45) is 17.8 Å². The van der Waals surface area contributed by atoms with E-state index in [-0.39, 0.29) is 46.3 Å². The molecule has 5 heterocycles. The van der Waals surface area contributed by atoms with Crippen molar-refractivity contribution in [2.75, 3.05) is 25.0 Å². The summed E-state index contributed by atoms with van der Waals surface area (Å²) in [7, 11) is 0. The van der Waals surface area contributed by atoms with Gasteiger partial charge in [-0.05, 0) is 158 Å². The highest BCUT2D eigenvalue weighted by molar-refractivity contribution is 6.00. The molecule has 15 heteroatoms. The standard InChI is InChI=1S/C61H54F4N6O5/c62-56-55(57(63)59(65)60(58(56)64)66-28-7-3-4-8-29-67-61(75)76-33-42-40-18-5-1-2-6-19-41(40)42)54-49-26-24-47(70-49)52(35-13-10-16-38(73)31-35)45-22-20-43(68-45)51(34-12-9-15-37(72)30-34)44-21-23-46(69-44)53(48-25-27-50(54)71-48)36-14-11-17-39(74)32-36/h1-2,9-17,20-27,30-32,40-42,66,68,71-74H,3-8,18-19,28-29,33H2,(H,67,75)/b2-1-,51-43?,51-44?,52-45?,52-47?,53-46?,53-48?,54-49?,54-50?/t40-,41+,42?. The zero-order valence-corrected chi connectivity index (χ0v) is 41.3. The Bertz CT molecular complexity index is 3590. The fraction of sp³-hybridized carbons (Fsp3) is 0.230. The molecule has 386 valence electrons. The number of phenols is 3. The molecule has 11 nitrogen and oxygen atoms in total. The van der Waals surface area contributed by atoms with Crippen LogP contribution in [0.2, 0.25) is 0 Å². The molecule has 76 heavy (non-hydrogen) atoms. The number of allylic oxidation sites excluding steroid dienone is 2. The van der Waals surface area contributed by atoms with E-state index in [4.69, 9.17) is 14.7 Å². The number of nitrogens with one attached hydrogen (secondary N) is 4. The number of carbonyl (C=O) groups is 1. The number of anilines is 1. The first kappa shape index (κ1) is 49.6. The number of benzene rings is 4. The second-order valence-corrected chi connectivity index (χ2v) is 19.6. The minimum Gasteiger partial charge on any atom is -0.508 e. The maximum absolute atomic E-state index is 16.9. The minimum absolute atomic E-state index is 0.0113. The van der Waals surface area contributed by atoms with Crippen LogP contribution < -0.4 is 10.6 Å². The van der Waals surface area contributed by atoms with Gasteiger partial charge in [-0.1, -0.05) is 61.4 Å². The lowest BCUT2D eigenvalue weighted by Crippen LogP contribution is -2.26. The number of nitrogens with zero attached hydrogens (tertiary/aromatic N) is 2. The molecule has 4 aliphatic rings. The van der Waals surface area contributed by atoms with E-state index in [9.17, 15) is 20.1 Å². The van der Waals surface area contributed by atoms with Crippen LogP contribution >= 0.6 is 0 Å². The highest BCUT2D eigenvalue weighted by atomic mass is 19.2. The number of amides is 1. The van der Waals surface area contributed by atoms with Gasteiger partial charge in [-0.15, -0.1) is 0 Å². The molecular formula is C61H54F4N6O5. The van der Waals surface area contributed by atoms with Crippen LogP contribution in [0.15, 0.2) is 109 Å². The van der Waals surface area contributed by atoms with E-state index in [2.05, 4.69) is 32.8 Å². The van der Waals surface area contributed by atoms with E-state index in [0.29, 0.717) is 118 Å². The zero-order valence-electron chi connectivity index (χ0n) is 41.3. The molecule has 1 fully saturated rings. The van der Waals surface area contributed by atoms with Gasteiger partial charge in [0.25, 0.3) is 0 Å². The molecule has 1 unspecified atom stereocenters. The number of aromatic hydroxyl groups is 3. The Hall–Kier alpha value is -8.59. The normalized spacial score (nSPS) is 16.9. The van der Waals surface area contributed by atoms with Crippen LogP contribution in [0.4, 0.5) is 28.0 Å². The lowest BCUT2D eigenvalue weighted by Gasteiger charge is -2.14. The lowest BCUT2D eigenvalue weighted by molar-refractivity contribution is 0.137. The third kappa shape index (κ3) is 10.0. The van der Waals surface area contributed by atoms with Crippen LogP contribution in [0.5, 0.6) is 17.2 Å². The Kier molecular flexibility index (Phi) is 13.9. The Morgan fingerprint density at radius 3 is 1.41 bits per heavy atom. The average molecular weight is 1030 g/mol. The number of alkyl carbamates (subject to hydrolysis) is 1. The topological polar surface area (TPSA) is 168 Å². The third-order valence-corrected chi connectivity index (χ3v) is 14.8. The Morgan fingerprint density at radius 1 is 0.539 bits per heavy atom. The quantitative estimate of drug-likeness (QED) is 0.0244. The van der Waals surface area contributed by atoms with Crippen LogP contribution in [0.25, 0.3) is 90.9 Å². The van der Waals surface area contributed by atoms with Crippen LogP contribution in [-0.4, -0.2) is 61.0 Å². The SMILES string of the molecule is O=C(NCCCCCCNc1c(F)c(F)c(-c2c3nc(c(-c4cccc(O)c4)c4ccc([nH]4)c(-c4cccc(O)c4)c4nc(c(-c5cccc(O)c5)c5ccc2[nH]5)C=C4)C=C3)c(F)c1F)OCC1[C@H]2CC/C=C\CC[C@@H]12. The molecule has 0 spiro atoms. The summed E-state index contributed by atoms with van der Waals surface area (Å²) in [6.45, 7) is 0.840. The van der Waals surface area contributed by atoms with Gasteiger partial charge in [-0.3, -0.25) is 0 Å². The number of rotatable bonds is 14. The van der Waals surface area contributed by atoms with Crippen LogP contribution in [-0.2, 0) is 4.74 Å². The largest absolute Gasteiger partial charge is 0.508 e. The van der Waals surface area contributed by atoms with E-state index >= 15 is 17.6 Å². The Balaban J connectivity index is 0.946. The van der Waals surface area contributed by atoms with Gasteiger partial charge in [0.1, 0.15) is 22.9 Å². The zero-order chi connectivity index (χ0) is 52.5. The van der Waals surface area contributed by atoms with Crippen molar-refractivity contribution in [1.82, 2.24) is 25.3 Å². The Labute approximate surface area is 435 Å². The molecule has 2 aliphatic carbocycles. The maximum Gasteiger partial charge on any atom is 0.407 e. The molecule has 7 N–H and O–H groups in total. The van der Waals surface area contributed by atoms with E-state index in [1.807, 2.05) is 24.3 Å². The monoisotopic (exact) mass is 1030 g/mol. The summed E-state index contributed by atoms with van der Waals surface area (Å²) >= 11 is 0. The molecule has 3 aromatic heterocycles. The molecule has 2 aliphatic heterocycles. The first-order valence-corrected chi connectivity index (χ1v) is 25.7. The van der Waals surface area contributed by atoms with Crippen molar-refractivity contribution in [2.45, 2.75) is 51.4 Å². The molecule has 3 atom stereocenters. The van der Waals surface area contributed by atoms with E-state index in [1.54, 1.807) is 72.8 Å². The number of aromatic nitrogens is 4. The number of hydrogen-bond donors (Lipinski definition) is 7. The van der Waals surface area contributed by atoms with Crippen molar-refractivity contribution in [3.05, 3.63) is 155 Å². The van der Waals surface area contributed by atoms with Crippen molar-refractivity contribution in [3.8, 4) is 61.8 Å². The van der Waals surface area contributed by atoms with Crippen LogP contribution in [0, 0.1) is 41.0 Å². The second-order valence-electron chi connectivity index (χ2n) is 19.6. The van der Waals surface area contributed by atoms with Crippen molar-refractivity contribution < 1.29 is 42.4 Å². The molecule has 1 saturated carbocycles. The number of H-pyrrole nitrogens is 2.